The lowest BCUT2D eigenvalue weighted by atomic mass is 9.99. The third kappa shape index (κ3) is 3.11. The Balaban J connectivity index is 1.58. The van der Waals surface area contributed by atoms with Crippen LogP contribution in [0.2, 0.25) is 0 Å². The van der Waals surface area contributed by atoms with Gasteiger partial charge >= 0.3 is 0 Å². The molecule has 18 heavy (non-hydrogen) atoms. The van der Waals surface area contributed by atoms with E-state index >= 15 is 0 Å². The molecule has 0 unspecified atom stereocenters. The molecule has 1 aromatic heterocycles. The van der Waals surface area contributed by atoms with Crippen molar-refractivity contribution < 1.29 is 0 Å². The molecule has 4 heteroatoms. The fourth-order valence-electron chi connectivity index (χ4n) is 3.00. The predicted octanol–water partition coefficient (Wildman–Crippen LogP) is 2.60. The summed E-state index contributed by atoms with van der Waals surface area (Å²) in [6.45, 7) is 5.92. The number of thiazole rings is 1. The number of nitrogens with one attached hydrogen (secondary N) is 1. The number of likely N-dealkylation sites (tertiary alicyclic amines) is 1. The molecule has 3 heterocycles. The van der Waals surface area contributed by atoms with Crippen molar-refractivity contribution in [2.45, 2.75) is 44.6 Å². The first-order valence-electron chi connectivity index (χ1n) is 7.29. The van der Waals surface area contributed by atoms with E-state index in [0.29, 0.717) is 5.92 Å². The van der Waals surface area contributed by atoms with E-state index in [0.717, 1.165) is 19.6 Å². The van der Waals surface area contributed by atoms with Crippen LogP contribution in [0.4, 0.5) is 0 Å². The van der Waals surface area contributed by atoms with Crippen molar-refractivity contribution in [3.05, 3.63) is 16.1 Å². The normalized spacial score (nSPS) is 23.3. The lowest BCUT2D eigenvalue weighted by Crippen LogP contribution is -2.29. The van der Waals surface area contributed by atoms with Crippen LogP contribution in [0, 0.1) is 0 Å². The van der Waals surface area contributed by atoms with Crippen LogP contribution in [0.3, 0.4) is 0 Å². The monoisotopic (exact) mass is 265 g/mol. The molecule has 1 aromatic rings. The third-order valence-electron chi connectivity index (χ3n) is 4.09. The van der Waals surface area contributed by atoms with Gasteiger partial charge in [0.2, 0.25) is 0 Å². The van der Waals surface area contributed by atoms with Gasteiger partial charge in [-0.05, 0) is 51.9 Å². The fraction of sp³-hybridized carbons (Fsp3) is 0.786. The Bertz CT molecular complexity index is 365. The zero-order chi connectivity index (χ0) is 12.2. The Morgan fingerprint density at radius 1 is 1.22 bits per heavy atom. The highest BCUT2D eigenvalue weighted by Gasteiger charge is 2.19. The third-order valence-corrected chi connectivity index (χ3v) is 5.15. The van der Waals surface area contributed by atoms with Gasteiger partial charge in [0.1, 0.15) is 0 Å². The first-order valence-corrected chi connectivity index (χ1v) is 8.17. The highest BCUT2D eigenvalue weighted by molar-refractivity contribution is 7.09. The van der Waals surface area contributed by atoms with Gasteiger partial charge in [-0.1, -0.05) is 6.42 Å². The quantitative estimate of drug-likeness (QED) is 0.910. The van der Waals surface area contributed by atoms with Crippen molar-refractivity contribution in [1.29, 1.82) is 0 Å². The first kappa shape index (κ1) is 12.6. The molecule has 0 spiro atoms. The van der Waals surface area contributed by atoms with Crippen LogP contribution in [-0.4, -0.2) is 36.1 Å². The van der Waals surface area contributed by atoms with Gasteiger partial charge in [-0.3, -0.25) is 4.90 Å². The van der Waals surface area contributed by atoms with Crippen molar-refractivity contribution in [2.75, 3.05) is 26.2 Å². The lowest BCUT2D eigenvalue weighted by Gasteiger charge is -2.25. The van der Waals surface area contributed by atoms with Crippen LogP contribution in [0.25, 0.3) is 0 Å². The van der Waals surface area contributed by atoms with Crippen molar-refractivity contribution in [2.24, 2.45) is 0 Å². The van der Waals surface area contributed by atoms with Gasteiger partial charge in [0.15, 0.2) is 0 Å². The maximum absolute atomic E-state index is 4.88. The lowest BCUT2D eigenvalue weighted by molar-refractivity contribution is 0.218. The Kier molecular flexibility index (Phi) is 4.28. The van der Waals surface area contributed by atoms with E-state index in [1.54, 1.807) is 0 Å². The molecular formula is C14H23N3S. The van der Waals surface area contributed by atoms with Crippen LogP contribution in [-0.2, 0) is 6.54 Å². The first-order chi connectivity index (χ1) is 8.92. The van der Waals surface area contributed by atoms with E-state index in [4.69, 9.17) is 4.98 Å². The molecule has 2 fully saturated rings. The fourth-order valence-corrected chi connectivity index (χ4v) is 3.98. The summed E-state index contributed by atoms with van der Waals surface area (Å²) in [5.74, 6) is 0.714. The zero-order valence-electron chi connectivity index (χ0n) is 11.0. The van der Waals surface area contributed by atoms with Crippen LogP contribution < -0.4 is 5.32 Å². The second-order valence-corrected chi connectivity index (χ2v) is 6.43. The molecule has 0 amide bonds. The molecule has 0 aliphatic carbocycles. The highest BCUT2D eigenvalue weighted by atomic mass is 32.1. The van der Waals surface area contributed by atoms with Crippen molar-refractivity contribution in [3.63, 3.8) is 0 Å². The maximum Gasteiger partial charge on any atom is 0.0960 e. The Morgan fingerprint density at radius 3 is 2.78 bits per heavy atom. The average Bonchev–Trinajstić information content (AvgIpc) is 2.89. The molecule has 0 radical (unpaired) electrons. The topological polar surface area (TPSA) is 28.2 Å². The molecule has 2 aliphatic rings. The Hall–Kier alpha value is -0.450. The smallest absolute Gasteiger partial charge is 0.0960 e. The number of hydrogen-bond donors (Lipinski definition) is 1. The van der Waals surface area contributed by atoms with Gasteiger partial charge in [0.25, 0.3) is 0 Å². The van der Waals surface area contributed by atoms with E-state index in [1.165, 1.54) is 55.9 Å². The van der Waals surface area contributed by atoms with E-state index in [2.05, 4.69) is 15.6 Å². The number of nitrogens with zero attached hydrogens (tertiary/aromatic N) is 2. The minimum absolute atomic E-state index is 0.714. The summed E-state index contributed by atoms with van der Waals surface area (Å²) < 4.78 is 0. The number of hydrogen-bond acceptors (Lipinski definition) is 4. The zero-order valence-corrected chi connectivity index (χ0v) is 11.8. The molecule has 3 nitrogen and oxygen atoms in total. The van der Waals surface area contributed by atoms with Crippen LogP contribution in [0.5, 0.6) is 0 Å². The van der Waals surface area contributed by atoms with Crippen LogP contribution in [0.15, 0.2) is 5.38 Å². The number of rotatable bonds is 3. The highest BCUT2D eigenvalue weighted by Crippen LogP contribution is 2.28. The second kappa shape index (κ2) is 6.13. The van der Waals surface area contributed by atoms with Gasteiger partial charge < -0.3 is 5.32 Å². The van der Waals surface area contributed by atoms with Crippen molar-refractivity contribution in [3.8, 4) is 0 Å². The molecular weight excluding hydrogens is 242 g/mol. The minimum atomic E-state index is 0.714. The average molecular weight is 265 g/mol. The Morgan fingerprint density at radius 2 is 2.00 bits per heavy atom. The van der Waals surface area contributed by atoms with E-state index in [9.17, 15) is 0 Å². The summed E-state index contributed by atoms with van der Waals surface area (Å²) in [4.78, 5) is 7.44. The summed E-state index contributed by atoms with van der Waals surface area (Å²) in [5, 5.41) is 7.09. The van der Waals surface area contributed by atoms with E-state index in [-0.39, 0.29) is 0 Å². The van der Waals surface area contributed by atoms with Crippen LogP contribution in [0.1, 0.15) is 48.7 Å². The molecule has 3 rings (SSSR count). The maximum atomic E-state index is 4.88. The van der Waals surface area contributed by atoms with Crippen LogP contribution >= 0.6 is 11.3 Å². The summed E-state index contributed by atoms with van der Waals surface area (Å²) in [7, 11) is 0. The van der Waals surface area contributed by atoms with Gasteiger partial charge in [0, 0.05) is 17.8 Å². The molecule has 0 aromatic carbocycles. The van der Waals surface area contributed by atoms with Gasteiger partial charge in [-0.2, -0.15) is 0 Å². The van der Waals surface area contributed by atoms with Gasteiger partial charge in [-0.15, -0.1) is 11.3 Å². The molecule has 2 aliphatic heterocycles. The molecule has 1 N–H and O–H groups in total. The molecule has 0 bridgehead atoms. The molecule has 100 valence electrons. The predicted molar refractivity (Wildman–Crippen MR) is 76.1 cm³/mol. The largest absolute Gasteiger partial charge is 0.317 e. The van der Waals surface area contributed by atoms with E-state index < -0.39 is 0 Å². The standard InChI is InChI=1S/C14H23N3S/c1-2-8-17(9-3-1)10-13-11-18-14(16-13)12-4-6-15-7-5-12/h11-12,15H,1-10H2. The molecule has 2 saturated heterocycles. The molecule has 0 atom stereocenters. The number of aromatic nitrogens is 1. The minimum Gasteiger partial charge on any atom is -0.317 e. The Labute approximate surface area is 114 Å². The SMILES string of the molecule is c1sc(C2CCNCC2)nc1CN1CCCCC1. The van der Waals surface area contributed by atoms with Gasteiger partial charge in [0.05, 0.1) is 10.7 Å². The van der Waals surface area contributed by atoms with Crippen molar-refractivity contribution in [1.82, 2.24) is 15.2 Å². The van der Waals surface area contributed by atoms with Gasteiger partial charge in [-0.25, -0.2) is 4.98 Å². The molecule has 0 saturated carbocycles. The summed E-state index contributed by atoms with van der Waals surface area (Å²) >= 11 is 1.88. The summed E-state index contributed by atoms with van der Waals surface area (Å²) in [6.07, 6.45) is 6.66. The van der Waals surface area contributed by atoms with Crippen molar-refractivity contribution >= 4 is 11.3 Å². The summed E-state index contributed by atoms with van der Waals surface area (Å²) in [6, 6.07) is 0. The summed E-state index contributed by atoms with van der Waals surface area (Å²) in [5.41, 5.74) is 1.30. The number of piperidine rings is 2. The second-order valence-electron chi connectivity index (χ2n) is 5.54. The van der Waals surface area contributed by atoms with E-state index in [1.807, 2.05) is 11.3 Å².